The van der Waals surface area contributed by atoms with Gasteiger partial charge >= 0.3 is 0 Å². The van der Waals surface area contributed by atoms with Crippen molar-refractivity contribution in [1.29, 1.82) is 0 Å². The fourth-order valence-electron chi connectivity index (χ4n) is 1.75. The van der Waals surface area contributed by atoms with Crippen LogP contribution in [0, 0.1) is 6.92 Å². The SMILES string of the molecule is CCN(CC)CCSCc1c(C)nn(C)c1Cl. The van der Waals surface area contributed by atoms with E-state index in [4.69, 9.17) is 11.6 Å². The molecule has 0 aromatic carbocycles. The molecule has 1 aromatic rings. The van der Waals surface area contributed by atoms with E-state index in [9.17, 15) is 0 Å². The lowest BCUT2D eigenvalue weighted by Gasteiger charge is -2.17. The van der Waals surface area contributed by atoms with Crippen LogP contribution >= 0.6 is 23.4 Å². The highest BCUT2D eigenvalue weighted by Gasteiger charge is 2.10. The molecule has 5 heteroatoms. The van der Waals surface area contributed by atoms with Crippen LogP contribution in [0.5, 0.6) is 0 Å². The van der Waals surface area contributed by atoms with Gasteiger partial charge in [-0.2, -0.15) is 16.9 Å². The van der Waals surface area contributed by atoms with Gasteiger partial charge in [0.1, 0.15) is 5.15 Å². The quantitative estimate of drug-likeness (QED) is 0.714. The maximum Gasteiger partial charge on any atom is 0.131 e. The number of aryl methyl sites for hydroxylation is 2. The van der Waals surface area contributed by atoms with Crippen molar-refractivity contribution in [3.05, 3.63) is 16.4 Å². The Labute approximate surface area is 114 Å². The smallest absolute Gasteiger partial charge is 0.131 e. The second kappa shape index (κ2) is 7.29. The lowest BCUT2D eigenvalue weighted by atomic mass is 10.3. The Hall–Kier alpha value is -0.190. The Morgan fingerprint density at radius 1 is 1.35 bits per heavy atom. The number of halogens is 1. The Kier molecular flexibility index (Phi) is 6.38. The Morgan fingerprint density at radius 3 is 2.47 bits per heavy atom. The van der Waals surface area contributed by atoms with Crippen LogP contribution in [0.4, 0.5) is 0 Å². The summed E-state index contributed by atoms with van der Waals surface area (Å²) in [4.78, 5) is 2.44. The molecular formula is C12H22ClN3S. The number of thioether (sulfide) groups is 1. The van der Waals surface area contributed by atoms with Crippen LogP contribution in [0.3, 0.4) is 0 Å². The third-order valence-electron chi connectivity index (χ3n) is 2.96. The number of aromatic nitrogens is 2. The number of hydrogen-bond donors (Lipinski definition) is 0. The number of rotatable bonds is 7. The van der Waals surface area contributed by atoms with Crippen molar-refractivity contribution in [2.24, 2.45) is 7.05 Å². The molecule has 0 unspecified atom stereocenters. The molecule has 0 fully saturated rings. The molecule has 3 nitrogen and oxygen atoms in total. The normalized spacial score (nSPS) is 11.4. The van der Waals surface area contributed by atoms with E-state index < -0.39 is 0 Å². The Bertz CT molecular complexity index is 348. The van der Waals surface area contributed by atoms with Gasteiger partial charge in [-0.25, -0.2) is 0 Å². The first kappa shape index (κ1) is 14.9. The summed E-state index contributed by atoms with van der Waals surface area (Å²) >= 11 is 8.11. The minimum Gasteiger partial charge on any atom is -0.303 e. The van der Waals surface area contributed by atoms with Crippen LogP contribution in [0.25, 0.3) is 0 Å². The molecule has 0 amide bonds. The van der Waals surface area contributed by atoms with E-state index in [2.05, 4.69) is 23.8 Å². The molecule has 0 aliphatic rings. The molecule has 0 spiro atoms. The lowest BCUT2D eigenvalue weighted by molar-refractivity contribution is 0.324. The van der Waals surface area contributed by atoms with Gasteiger partial charge in [0.25, 0.3) is 0 Å². The van der Waals surface area contributed by atoms with Gasteiger partial charge in [-0.1, -0.05) is 25.4 Å². The maximum atomic E-state index is 6.19. The first-order valence-electron chi connectivity index (χ1n) is 6.08. The van der Waals surface area contributed by atoms with Crippen LogP contribution in [-0.4, -0.2) is 40.1 Å². The van der Waals surface area contributed by atoms with Gasteiger partial charge in [-0.15, -0.1) is 0 Å². The van der Waals surface area contributed by atoms with Crippen molar-refractivity contribution in [2.75, 3.05) is 25.4 Å². The van der Waals surface area contributed by atoms with E-state index in [1.807, 2.05) is 25.7 Å². The lowest BCUT2D eigenvalue weighted by Crippen LogP contribution is -2.25. The summed E-state index contributed by atoms with van der Waals surface area (Å²) in [7, 11) is 1.89. The predicted molar refractivity (Wildman–Crippen MR) is 76.9 cm³/mol. The third kappa shape index (κ3) is 4.19. The van der Waals surface area contributed by atoms with Crippen LogP contribution in [-0.2, 0) is 12.8 Å². The van der Waals surface area contributed by atoms with Crippen LogP contribution in [0.2, 0.25) is 5.15 Å². The summed E-state index contributed by atoms with van der Waals surface area (Å²) < 4.78 is 1.75. The van der Waals surface area contributed by atoms with Crippen molar-refractivity contribution in [3.63, 3.8) is 0 Å². The minimum absolute atomic E-state index is 0.776. The molecule has 0 N–H and O–H groups in total. The van der Waals surface area contributed by atoms with Gasteiger partial charge in [0.15, 0.2) is 0 Å². The number of hydrogen-bond acceptors (Lipinski definition) is 3. The average Bonchev–Trinajstić information content (AvgIpc) is 2.55. The number of nitrogens with zero attached hydrogens (tertiary/aromatic N) is 3. The van der Waals surface area contributed by atoms with Crippen LogP contribution in [0.15, 0.2) is 0 Å². The van der Waals surface area contributed by atoms with Crippen molar-refractivity contribution in [3.8, 4) is 0 Å². The molecule has 0 atom stereocenters. The zero-order chi connectivity index (χ0) is 12.8. The minimum atomic E-state index is 0.776. The summed E-state index contributed by atoms with van der Waals surface area (Å²) in [5.41, 5.74) is 2.23. The van der Waals surface area contributed by atoms with Gasteiger partial charge in [-0.3, -0.25) is 4.68 Å². The first-order valence-corrected chi connectivity index (χ1v) is 7.61. The van der Waals surface area contributed by atoms with E-state index in [-0.39, 0.29) is 0 Å². The van der Waals surface area contributed by atoms with Gasteiger partial charge in [0, 0.05) is 30.7 Å². The maximum absolute atomic E-state index is 6.19. The van der Waals surface area contributed by atoms with E-state index in [1.54, 1.807) is 4.68 Å². The molecule has 0 saturated carbocycles. The molecule has 0 saturated heterocycles. The fraction of sp³-hybridized carbons (Fsp3) is 0.750. The Morgan fingerprint density at radius 2 is 2.00 bits per heavy atom. The van der Waals surface area contributed by atoms with Crippen molar-refractivity contribution in [2.45, 2.75) is 26.5 Å². The fourth-order valence-corrected chi connectivity index (χ4v) is 3.15. The van der Waals surface area contributed by atoms with Gasteiger partial charge in [-0.05, 0) is 20.0 Å². The summed E-state index contributed by atoms with van der Waals surface area (Å²) in [5.74, 6) is 2.10. The second-order valence-corrected chi connectivity index (χ2v) is 5.52. The molecule has 98 valence electrons. The van der Waals surface area contributed by atoms with Gasteiger partial charge < -0.3 is 4.90 Å². The van der Waals surface area contributed by atoms with Gasteiger partial charge in [0.05, 0.1) is 5.69 Å². The summed E-state index contributed by atoms with van der Waals surface area (Å²) in [5, 5.41) is 5.09. The summed E-state index contributed by atoms with van der Waals surface area (Å²) in [6, 6.07) is 0. The van der Waals surface area contributed by atoms with E-state index in [0.29, 0.717) is 0 Å². The zero-order valence-corrected chi connectivity index (χ0v) is 12.7. The predicted octanol–water partition coefficient (Wildman–Crippen LogP) is 2.96. The van der Waals surface area contributed by atoms with Crippen LogP contribution < -0.4 is 0 Å². The van der Waals surface area contributed by atoms with E-state index in [1.165, 1.54) is 5.56 Å². The van der Waals surface area contributed by atoms with E-state index in [0.717, 1.165) is 42.0 Å². The van der Waals surface area contributed by atoms with Gasteiger partial charge in [0.2, 0.25) is 0 Å². The third-order valence-corrected chi connectivity index (χ3v) is 4.40. The van der Waals surface area contributed by atoms with Crippen molar-refractivity contribution in [1.82, 2.24) is 14.7 Å². The van der Waals surface area contributed by atoms with Crippen LogP contribution in [0.1, 0.15) is 25.1 Å². The first-order chi connectivity index (χ1) is 8.10. The molecule has 0 aliphatic carbocycles. The highest BCUT2D eigenvalue weighted by atomic mass is 35.5. The van der Waals surface area contributed by atoms with E-state index >= 15 is 0 Å². The summed E-state index contributed by atoms with van der Waals surface area (Å²) in [6.07, 6.45) is 0. The molecule has 1 aromatic heterocycles. The summed E-state index contributed by atoms with van der Waals surface area (Å²) in [6.45, 7) is 9.83. The second-order valence-electron chi connectivity index (χ2n) is 4.06. The molecule has 1 rings (SSSR count). The monoisotopic (exact) mass is 275 g/mol. The topological polar surface area (TPSA) is 21.1 Å². The highest BCUT2D eigenvalue weighted by Crippen LogP contribution is 2.23. The zero-order valence-electron chi connectivity index (χ0n) is 11.2. The molecule has 0 aliphatic heterocycles. The average molecular weight is 276 g/mol. The molecular weight excluding hydrogens is 254 g/mol. The molecule has 0 radical (unpaired) electrons. The molecule has 1 heterocycles. The standard InChI is InChI=1S/C12H22ClN3S/c1-5-16(6-2)7-8-17-9-11-10(3)14-15(4)12(11)13/h5-9H2,1-4H3. The molecule has 0 bridgehead atoms. The molecule has 17 heavy (non-hydrogen) atoms. The van der Waals surface area contributed by atoms with Crippen molar-refractivity contribution >= 4 is 23.4 Å². The largest absolute Gasteiger partial charge is 0.303 e. The van der Waals surface area contributed by atoms with Crippen molar-refractivity contribution < 1.29 is 0 Å². The Balaban J connectivity index is 2.36. The highest BCUT2D eigenvalue weighted by molar-refractivity contribution is 7.98.